The van der Waals surface area contributed by atoms with Crippen molar-refractivity contribution in [2.24, 2.45) is 0 Å². The van der Waals surface area contributed by atoms with E-state index in [4.69, 9.17) is 13.9 Å². The molecule has 0 saturated heterocycles. The van der Waals surface area contributed by atoms with Gasteiger partial charge in [0.25, 0.3) is 6.01 Å². The number of anilines is 2. The molecule has 0 fully saturated rings. The lowest BCUT2D eigenvalue weighted by atomic mass is 10.2. The molecule has 7 heteroatoms. The average molecular weight is 341 g/mol. The monoisotopic (exact) mass is 341 g/mol. The molecule has 2 aromatic carbocycles. The molecule has 1 heterocycles. The largest absolute Gasteiger partial charge is 0.497 e. The number of nitrogens with one attached hydrogen (secondary N) is 1. The Labute approximate surface area is 145 Å². The molecule has 0 saturated carbocycles. The minimum atomic E-state index is -0.208. The van der Waals surface area contributed by atoms with Crippen LogP contribution in [-0.2, 0) is 4.79 Å². The van der Waals surface area contributed by atoms with Crippen LogP contribution in [-0.4, -0.2) is 38.7 Å². The minimum absolute atomic E-state index is 0.0896. The molecule has 1 amide bonds. The molecular formula is C18H19N3O4. The van der Waals surface area contributed by atoms with E-state index in [-0.39, 0.29) is 12.5 Å². The van der Waals surface area contributed by atoms with Gasteiger partial charge < -0.3 is 24.1 Å². The van der Waals surface area contributed by atoms with Crippen LogP contribution in [0.15, 0.2) is 46.9 Å². The van der Waals surface area contributed by atoms with Gasteiger partial charge in [0, 0.05) is 30.9 Å². The number of amides is 1. The molecule has 3 rings (SSSR count). The first-order chi connectivity index (χ1) is 12.1. The van der Waals surface area contributed by atoms with Gasteiger partial charge in [0.2, 0.25) is 5.91 Å². The molecule has 0 unspecified atom stereocenters. The van der Waals surface area contributed by atoms with Crippen LogP contribution < -0.4 is 19.7 Å². The summed E-state index contributed by atoms with van der Waals surface area (Å²) in [5, 5.41) is 2.82. The molecule has 7 nitrogen and oxygen atoms in total. The third kappa shape index (κ3) is 3.82. The molecule has 1 aromatic heterocycles. The summed E-state index contributed by atoms with van der Waals surface area (Å²) >= 11 is 0. The van der Waals surface area contributed by atoms with Gasteiger partial charge in [-0.1, -0.05) is 12.1 Å². The molecule has 130 valence electrons. The SMILES string of the molecule is COc1cc(NC(=O)CN(C)c2nc3ccccc3o2)cc(OC)c1. The minimum Gasteiger partial charge on any atom is -0.497 e. The highest BCUT2D eigenvalue weighted by molar-refractivity contribution is 5.94. The van der Waals surface area contributed by atoms with Crippen molar-refractivity contribution in [2.75, 3.05) is 38.0 Å². The molecule has 0 bridgehead atoms. The molecular weight excluding hydrogens is 322 g/mol. The van der Waals surface area contributed by atoms with Crippen LogP contribution in [0.1, 0.15) is 0 Å². The zero-order chi connectivity index (χ0) is 17.8. The number of aromatic nitrogens is 1. The average Bonchev–Trinajstić information content (AvgIpc) is 3.05. The number of fused-ring (bicyclic) bond motifs is 1. The predicted octanol–water partition coefficient (Wildman–Crippen LogP) is 2.92. The van der Waals surface area contributed by atoms with Gasteiger partial charge >= 0.3 is 0 Å². The number of carbonyl (C=O) groups is 1. The summed E-state index contributed by atoms with van der Waals surface area (Å²) < 4.78 is 16.0. The highest BCUT2D eigenvalue weighted by Gasteiger charge is 2.14. The number of nitrogens with zero attached hydrogens (tertiary/aromatic N) is 2. The zero-order valence-electron chi connectivity index (χ0n) is 14.3. The summed E-state index contributed by atoms with van der Waals surface area (Å²) in [6, 6.07) is 13.0. The van der Waals surface area contributed by atoms with Gasteiger partial charge in [0.15, 0.2) is 5.58 Å². The lowest BCUT2D eigenvalue weighted by Crippen LogP contribution is -2.30. The molecule has 25 heavy (non-hydrogen) atoms. The van der Waals surface area contributed by atoms with Crippen molar-refractivity contribution < 1.29 is 18.7 Å². The number of rotatable bonds is 6. The topological polar surface area (TPSA) is 76.8 Å². The van der Waals surface area contributed by atoms with Crippen LogP contribution in [0.25, 0.3) is 11.1 Å². The normalized spacial score (nSPS) is 10.5. The maximum atomic E-state index is 12.3. The van der Waals surface area contributed by atoms with E-state index in [2.05, 4.69) is 10.3 Å². The number of oxazole rings is 1. The molecule has 1 N–H and O–H groups in total. The van der Waals surface area contributed by atoms with E-state index >= 15 is 0 Å². The highest BCUT2D eigenvalue weighted by atomic mass is 16.5. The zero-order valence-corrected chi connectivity index (χ0v) is 14.3. The molecule has 0 aliphatic rings. The van der Waals surface area contributed by atoms with Gasteiger partial charge in [-0.2, -0.15) is 4.98 Å². The van der Waals surface area contributed by atoms with Gasteiger partial charge in [0.1, 0.15) is 23.6 Å². The van der Waals surface area contributed by atoms with Crippen molar-refractivity contribution in [1.29, 1.82) is 0 Å². The van der Waals surface area contributed by atoms with Crippen LogP contribution in [0.5, 0.6) is 11.5 Å². The third-order valence-corrected chi connectivity index (χ3v) is 3.63. The van der Waals surface area contributed by atoms with E-state index in [9.17, 15) is 4.79 Å². The van der Waals surface area contributed by atoms with E-state index in [0.717, 1.165) is 5.52 Å². The van der Waals surface area contributed by atoms with Crippen molar-refractivity contribution in [1.82, 2.24) is 4.98 Å². The second kappa shape index (κ2) is 7.12. The molecule has 0 atom stereocenters. The van der Waals surface area contributed by atoms with Crippen molar-refractivity contribution in [3.63, 3.8) is 0 Å². The molecule has 0 aliphatic heterocycles. The van der Waals surface area contributed by atoms with Gasteiger partial charge in [-0.3, -0.25) is 4.79 Å². The fourth-order valence-electron chi connectivity index (χ4n) is 2.39. The van der Waals surface area contributed by atoms with Gasteiger partial charge in [-0.25, -0.2) is 0 Å². The van der Waals surface area contributed by atoms with Crippen LogP contribution in [0.4, 0.5) is 11.7 Å². The number of benzene rings is 2. The van der Waals surface area contributed by atoms with E-state index in [1.165, 1.54) is 0 Å². The first-order valence-electron chi connectivity index (χ1n) is 7.68. The maximum absolute atomic E-state index is 12.3. The Morgan fingerprint density at radius 1 is 1.16 bits per heavy atom. The number of carbonyl (C=O) groups excluding carboxylic acids is 1. The number of hydrogen-bond donors (Lipinski definition) is 1. The van der Waals surface area contributed by atoms with Gasteiger partial charge in [-0.05, 0) is 12.1 Å². The Bertz CT molecular complexity index is 836. The summed E-state index contributed by atoms with van der Waals surface area (Å²) in [5.41, 5.74) is 2.02. The van der Waals surface area contributed by atoms with Crippen molar-refractivity contribution in [2.45, 2.75) is 0 Å². The third-order valence-electron chi connectivity index (χ3n) is 3.63. The lowest BCUT2D eigenvalue weighted by molar-refractivity contribution is -0.115. The van der Waals surface area contributed by atoms with E-state index in [1.54, 1.807) is 44.4 Å². The highest BCUT2D eigenvalue weighted by Crippen LogP contribution is 2.26. The first-order valence-corrected chi connectivity index (χ1v) is 7.68. The molecule has 0 aliphatic carbocycles. The predicted molar refractivity (Wildman–Crippen MR) is 95.5 cm³/mol. The van der Waals surface area contributed by atoms with Gasteiger partial charge in [-0.15, -0.1) is 0 Å². The van der Waals surface area contributed by atoms with E-state index in [1.807, 2.05) is 24.3 Å². The lowest BCUT2D eigenvalue weighted by Gasteiger charge is -2.15. The summed E-state index contributed by atoms with van der Waals surface area (Å²) in [7, 11) is 4.86. The summed E-state index contributed by atoms with van der Waals surface area (Å²) in [4.78, 5) is 18.3. The first kappa shape index (κ1) is 16.6. The molecule has 0 spiro atoms. The second-order valence-corrected chi connectivity index (χ2v) is 5.47. The number of para-hydroxylation sites is 2. The van der Waals surface area contributed by atoms with E-state index < -0.39 is 0 Å². The van der Waals surface area contributed by atoms with Crippen LogP contribution >= 0.6 is 0 Å². The fraction of sp³-hybridized carbons (Fsp3) is 0.222. The van der Waals surface area contributed by atoms with Gasteiger partial charge in [0.05, 0.1) is 14.2 Å². The molecule has 0 radical (unpaired) electrons. The number of ether oxygens (including phenoxy) is 2. The quantitative estimate of drug-likeness (QED) is 0.743. The Morgan fingerprint density at radius 2 is 1.84 bits per heavy atom. The smallest absolute Gasteiger partial charge is 0.298 e. The fourth-order valence-corrected chi connectivity index (χ4v) is 2.39. The second-order valence-electron chi connectivity index (χ2n) is 5.47. The summed E-state index contributed by atoms with van der Waals surface area (Å²) in [6.07, 6.45) is 0. The maximum Gasteiger partial charge on any atom is 0.298 e. The number of hydrogen-bond acceptors (Lipinski definition) is 6. The van der Waals surface area contributed by atoms with Crippen molar-refractivity contribution in [3.05, 3.63) is 42.5 Å². The Morgan fingerprint density at radius 3 is 2.48 bits per heavy atom. The Kier molecular flexibility index (Phi) is 4.74. The van der Waals surface area contributed by atoms with Crippen molar-refractivity contribution in [3.8, 4) is 11.5 Å². The summed E-state index contributed by atoms with van der Waals surface area (Å²) in [6.45, 7) is 0.0896. The van der Waals surface area contributed by atoms with Crippen molar-refractivity contribution >= 4 is 28.7 Å². The summed E-state index contributed by atoms with van der Waals surface area (Å²) in [5.74, 6) is 0.990. The Hall–Kier alpha value is -3.22. The van der Waals surface area contributed by atoms with Crippen LogP contribution in [0.3, 0.4) is 0 Å². The molecule has 3 aromatic rings. The van der Waals surface area contributed by atoms with E-state index in [0.29, 0.717) is 28.8 Å². The van der Waals surface area contributed by atoms with Crippen LogP contribution in [0, 0.1) is 0 Å². The van der Waals surface area contributed by atoms with Crippen LogP contribution in [0.2, 0.25) is 0 Å². The number of methoxy groups -OCH3 is 2. The standard InChI is InChI=1S/C18H19N3O4/c1-21(18-20-15-6-4-5-7-16(15)25-18)11-17(22)19-12-8-13(23-2)10-14(9-12)24-3/h4-10H,11H2,1-3H3,(H,19,22). The Balaban J connectivity index is 1.69. The number of likely N-dealkylation sites (N-methyl/N-ethyl adjacent to an activating group) is 1.